The largest absolute Gasteiger partial charge is 0.579 e. The Labute approximate surface area is 205 Å². The van der Waals surface area contributed by atoms with E-state index < -0.39 is 41.7 Å². The summed E-state index contributed by atoms with van der Waals surface area (Å²) < 4.78 is 43.8. The number of nitrogens with zero attached hydrogens (tertiary/aromatic N) is 1. The van der Waals surface area contributed by atoms with E-state index in [4.69, 9.17) is 20.9 Å². The van der Waals surface area contributed by atoms with E-state index in [1.165, 1.54) is 33.8 Å². The van der Waals surface area contributed by atoms with Crippen molar-refractivity contribution in [2.75, 3.05) is 12.4 Å². The molecular formula is C21H26BClFN3O4S2. The van der Waals surface area contributed by atoms with Gasteiger partial charge in [-0.3, -0.25) is 4.79 Å². The van der Waals surface area contributed by atoms with Gasteiger partial charge in [-0.1, -0.05) is 22.0 Å². The van der Waals surface area contributed by atoms with Gasteiger partial charge in [0.2, 0.25) is 5.91 Å². The lowest BCUT2D eigenvalue weighted by atomic mass is 9.88. The molecule has 0 saturated carbocycles. The van der Waals surface area contributed by atoms with E-state index in [0.29, 0.717) is 12.1 Å². The van der Waals surface area contributed by atoms with Gasteiger partial charge in [0, 0.05) is 28.8 Å². The predicted molar refractivity (Wildman–Crippen MR) is 130 cm³/mol. The fraction of sp³-hybridized carbons (Fsp3) is 0.476. The molecule has 7 nitrogen and oxygen atoms in total. The molecule has 1 amide bonds. The highest BCUT2D eigenvalue weighted by molar-refractivity contribution is 7.87. The predicted octanol–water partition coefficient (Wildman–Crippen LogP) is 3.39. The lowest BCUT2D eigenvalue weighted by Gasteiger charge is -2.35. The lowest BCUT2D eigenvalue weighted by Crippen LogP contribution is -2.55. The zero-order valence-corrected chi connectivity index (χ0v) is 21.4. The van der Waals surface area contributed by atoms with Crippen molar-refractivity contribution >= 4 is 58.0 Å². The van der Waals surface area contributed by atoms with Crippen LogP contribution in [0.4, 0.5) is 10.1 Å². The van der Waals surface area contributed by atoms with Crippen molar-refractivity contribution in [3.05, 3.63) is 46.0 Å². The van der Waals surface area contributed by atoms with Crippen LogP contribution >= 0.6 is 22.9 Å². The second kappa shape index (κ2) is 9.12. The summed E-state index contributed by atoms with van der Waals surface area (Å²) in [6, 6.07) is 6.90. The van der Waals surface area contributed by atoms with Crippen molar-refractivity contribution in [2.45, 2.75) is 57.4 Å². The molecule has 3 heterocycles. The zero-order chi connectivity index (χ0) is 24.1. The molecule has 1 aromatic heterocycles. The molecule has 0 radical (unpaired) electrons. The Kier molecular flexibility index (Phi) is 6.89. The Hall–Kier alpha value is -1.18. The van der Waals surface area contributed by atoms with Gasteiger partial charge < -0.3 is 19.2 Å². The van der Waals surface area contributed by atoms with E-state index in [9.17, 15) is 13.7 Å². The van der Waals surface area contributed by atoms with Gasteiger partial charge in [-0.05, 0) is 52.0 Å². The summed E-state index contributed by atoms with van der Waals surface area (Å²) in [6.07, 6.45) is 0.395. The molecule has 4 rings (SSSR count). The Balaban J connectivity index is 1.48. The first-order valence-corrected chi connectivity index (χ1v) is 12.8. The molecule has 0 aliphatic carbocycles. The third-order valence-electron chi connectivity index (χ3n) is 6.37. The molecular weight excluding hydrogens is 488 g/mol. The molecule has 3 unspecified atom stereocenters. The van der Waals surface area contributed by atoms with Gasteiger partial charge in [0.25, 0.3) is 0 Å². The minimum Gasteiger partial charge on any atom is -0.579 e. The Morgan fingerprint density at radius 2 is 1.97 bits per heavy atom. The number of rotatable bonds is 4. The molecule has 12 heteroatoms. The van der Waals surface area contributed by atoms with Crippen LogP contribution in [0.5, 0.6) is 0 Å². The van der Waals surface area contributed by atoms with Crippen molar-refractivity contribution in [1.29, 1.82) is 0 Å². The van der Waals surface area contributed by atoms with Gasteiger partial charge in [0.05, 0.1) is 22.3 Å². The molecule has 2 aliphatic rings. The summed E-state index contributed by atoms with van der Waals surface area (Å²) in [5.41, 5.74) is -0.511. The molecule has 2 fully saturated rings. The summed E-state index contributed by atoms with van der Waals surface area (Å²) >= 11 is 5.75. The van der Waals surface area contributed by atoms with Gasteiger partial charge in [-0.15, -0.1) is 16.1 Å². The number of benzene rings is 1. The molecule has 2 aromatic rings. The highest BCUT2D eigenvalue weighted by atomic mass is 35.5. The number of hydrogen-bond acceptors (Lipinski definition) is 7. The quantitative estimate of drug-likeness (QED) is 0.481. The van der Waals surface area contributed by atoms with Gasteiger partial charge in [0.1, 0.15) is 23.4 Å². The van der Waals surface area contributed by atoms with E-state index >= 15 is 0 Å². The van der Waals surface area contributed by atoms with Crippen LogP contribution in [-0.4, -0.2) is 46.2 Å². The monoisotopic (exact) mass is 513 g/mol. The number of hydrogen-bond donors (Lipinski definition) is 2. The van der Waals surface area contributed by atoms with E-state index in [0.717, 1.165) is 9.65 Å². The van der Waals surface area contributed by atoms with Crippen LogP contribution in [0.3, 0.4) is 0 Å². The molecule has 3 atom stereocenters. The summed E-state index contributed by atoms with van der Waals surface area (Å²) in [6.45, 7) is 8.00. The maximum Gasteiger partial charge on any atom is 0.505 e. The molecule has 1 aromatic carbocycles. The van der Waals surface area contributed by atoms with E-state index in [2.05, 4.69) is 10.0 Å². The van der Waals surface area contributed by atoms with Crippen molar-refractivity contribution < 1.29 is 23.0 Å². The van der Waals surface area contributed by atoms with Crippen molar-refractivity contribution in [1.82, 2.24) is 9.03 Å². The van der Waals surface area contributed by atoms with Crippen LogP contribution in [0.2, 0.25) is 5.02 Å². The van der Waals surface area contributed by atoms with Crippen molar-refractivity contribution in [2.24, 2.45) is 0 Å². The second-order valence-electron chi connectivity index (χ2n) is 9.16. The molecule has 2 aliphatic heterocycles. The number of likely N-dealkylation sites (N-methyl/N-ethyl adjacent to an activating group) is 1. The second-order valence-corrected chi connectivity index (χ2v) is 12.0. The first kappa shape index (κ1) is 24.9. The number of thiophene rings is 1. The SMILES string of the molecule is CN1C(C(=O)Nc2ccc(F)c(Cl)c2)CC(c2ccc(B3OC(C)(C)C(C)(C)O3)s2)N[S+]1[O-]. The van der Waals surface area contributed by atoms with Gasteiger partial charge in [-0.25, -0.2) is 4.39 Å². The zero-order valence-electron chi connectivity index (χ0n) is 19.0. The molecule has 178 valence electrons. The summed E-state index contributed by atoms with van der Waals surface area (Å²) in [5.74, 6) is -0.909. The average molecular weight is 514 g/mol. The van der Waals surface area contributed by atoms with Crippen LogP contribution in [0, 0.1) is 5.82 Å². The lowest BCUT2D eigenvalue weighted by molar-refractivity contribution is -0.120. The number of amides is 1. The van der Waals surface area contributed by atoms with E-state index in [-0.39, 0.29) is 17.0 Å². The topological polar surface area (TPSA) is 85.9 Å². The van der Waals surface area contributed by atoms with E-state index in [1.807, 2.05) is 39.8 Å². The smallest absolute Gasteiger partial charge is 0.505 e. The maximum atomic E-state index is 13.4. The minimum atomic E-state index is -1.57. The van der Waals surface area contributed by atoms with Gasteiger partial charge in [-0.2, -0.15) is 0 Å². The molecule has 2 saturated heterocycles. The third kappa shape index (κ3) is 4.96. The van der Waals surface area contributed by atoms with Gasteiger partial charge in [0.15, 0.2) is 0 Å². The van der Waals surface area contributed by atoms with Crippen LogP contribution in [0.15, 0.2) is 30.3 Å². The first-order chi connectivity index (χ1) is 15.4. The normalized spacial score (nSPS) is 27.0. The fourth-order valence-electron chi connectivity index (χ4n) is 3.63. The third-order valence-corrected chi connectivity index (χ3v) is 9.14. The minimum absolute atomic E-state index is 0.0817. The van der Waals surface area contributed by atoms with Crippen LogP contribution < -0.4 is 14.8 Å². The van der Waals surface area contributed by atoms with Gasteiger partial charge >= 0.3 is 7.12 Å². The maximum absolute atomic E-state index is 13.4. The summed E-state index contributed by atoms with van der Waals surface area (Å²) in [4.78, 5) is 13.9. The Morgan fingerprint density at radius 3 is 2.61 bits per heavy atom. The van der Waals surface area contributed by atoms with E-state index in [1.54, 1.807) is 7.05 Å². The number of nitrogens with one attached hydrogen (secondary N) is 2. The number of halogens is 2. The molecule has 2 N–H and O–H groups in total. The number of anilines is 1. The Bertz CT molecular complexity index is 1040. The molecule has 33 heavy (non-hydrogen) atoms. The molecule has 0 bridgehead atoms. The number of carbonyl (C=O) groups is 1. The van der Waals surface area contributed by atoms with Crippen molar-refractivity contribution in [3.8, 4) is 0 Å². The highest BCUT2D eigenvalue weighted by Gasteiger charge is 2.52. The number of carbonyl (C=O) groups excluding carboxylic acids is 1. The highest BCUT2D eigenvalue weighted by Crippen LogP contribution is 2.38. The van der Waals surface area contributed by atoms with Crippen LogP contribution in [0.1, 0.15) is 45.0 Å². The summed E-state index contributed by atoms with van der Waals surface area (Å²) in [7, 11) is 1.14. The molecule has 0 spiro atoms. The average Bonchev–Trinajstić information content (AvgIpc) is 3.29. The first-order valence-electron chi connectivity index (χ1n) is 10.5. The van der Waals surface area contributed by atoms with Crippen LogP contribution in [0.25, 0.3) is 0 Å². The van der Waals surface area contributed by atoms with Crippen molar-refractivity contribution in [3.63, 3.8) is 0 Å². The van der Waals surface area contributed by atoms with Crippen LogP contribution in [-0.2, 0) is 25.7 Å². The summed E-state index contributed by atoms with van der Waals surface area (Å²) in [5, 5.41) is 2.66. The standard InChI is InChI=1S/C21H26BClFN3O4S2/c1-20(2)21(3,4)31-22(30-20)18-9-8-17(32-18)15-11-16(27(5)33(29)26-15)19(28)25-12-6-7-14(24)13(23)10-12/h6-10,15-16,26H,11H2,1-5H3,(H,25,28). The Morgan fingerprint density at radius 1 is 1.30 bits per heavy atom. The fourth-order valence-corrected chi connectivity index (χ4v) is 5.96.